The summed E-state index contributed by atoms with van der Waals surface area (Å²) in [6, 6.07) is 13.8. The fraction of sp³-hybridized carbons (Fsp3) is 0.185. The first kappa shape index (κ1) is 24.9. The Balaban J connectivity index is 1.88. The zero-order valence-corrected chi connectivity index (χ0v) is 21.0. The van der Waals surface area contributed by atoms with Crippen LogP contribution in [0.5, 0.6) is 11.5 Å². The summed E-state index contributed by atoms with van der Waals surface area (Å²) in [4.78, 5) is 42.8. The van der Waals surface area contributed by atoms with E-state index in [1.54, 1.807) is 31.2 Å². The molecular weight excluding hydrogens is 480 g/mol. The smallest absolute Gasteiger partial charge is 0.338 e. The first-order chi connectivity index (χ1) is 17.3. The summed E-state index contributed by atoms with van der Waals surface area (Å²) >= 11 is 1.23. The minimum absolute atomic E-state index is 0.229. The van der Waals surface area contributed by atoms with Gasteiger partial charge in [0.1, 0.15) is 0 Å². The van der Waals surface area contributed by atoms with Crippen molar-refractivity contribution in [1.29, 1.82) is 0 Å². The number of aromatic nitrogens is 1. The molecule has 3 aromatic rings. The molecule has 1 aromatic heterocycles. The maximum Gasteiger partial charge on any atom is 0.338 e. The van der Waals surface area contributed by atoms with Crippen molar-refractivity contribution in [1.82, 2.24) is 4.57 Å². The lowest BCUT2D eigenvalue weighted by Crippen LogP contribution is -2.39. The molecule has 4 rings (SSSR count). The van der Waals surface area contributed by atoms with E-state index in [2.05, 4.69) is 4.99 Å². The maximum absolute atomic E-state index is 13.5. The van der Waals surface area contributed by atoms with E-state index < -0.39 is 18.0 Å². The first-order valence-electron chi connectivity index (χ1n) is 11.0. The van der Waals surface area contributed by atoms with Crippen LogP contribution in [0, 0.1) is 0 Å². The van der Waals surface area contributed by atoms with Gasteiger partial charge in [0.25, 0.3) is 5.56 Å². The van der Waals surface area contributed by atoms with Gasteiger partial charge in [0.2, 0.25) is 0 Å². The van der Waals surface area contributed by atoms with E-state index in [0.717, 1.165) is 5.56 Å². The van der Waals surface area contributed by atoms with Crippen molar-refractivity contribution in [2.45, 2.75) is 19.9 Å². The Kier molecular flexibility index (Phi) is 7.30. The van der Waals surface area contributed by atoms with Gasteiger partial charge >= 0.3 is 11.9 Å². The van der Waals surface area contributed by atoms with Crippen molar-refractivity contribution in [3.8, 4) is 11.5 Å². The molecule has 9 heteroatoms. The predicted molar refractivity (Wildman–Crippen MR) is 136 cm³/mol. The van der Waals surface area contributed by atoms with Gasteiger partial charge in [-0.25, -0.2) is 9.79 Å². The molecule has 0 bridgehead atoms. The van der Waals surface area contributed by atoms with Gasteiger partial charge < -0.3 is 14.2 Å². The Labute approximate surface area is 211 Å². The summed E-state index contributed by atoms with van der Waals surface area (Å²) in [5.74, 6) is -0.576. The van der Waals surface area contributed by atoms with Crippen molar-refractivity contribution in [2.75, 3.05) is 14.2 Å². The van der Waals surface area contributed by atoms with Crippen molar-refractivity contribution < 1.29 is 23.8 Å². The van der Waals surface area contributed by atoms with E-state index >= 15 is 0 Å². The van der Waals surface area contributed by atoms with E-state index in [9.17, 15) is 14.4 Å². The van der Waals surface area contributed by atoms with Crippen LogP contribution in [0.1, 0.15) is 31.0 Å². The van der Waals surface area contributed by atoms with Crippen LogP contribution in [-0.2, 0) is 14.3 Å². The zero-order chi connectivity index (χ0) is 25.8. The summed E-state index contributed by atoms with van der Waals surface area (Å²) < 4.78 is 17.6. The lowest BCUT2D eigenvalue weighted by molar-refractivity contribution is -0.136. The fourth-order valence-electron chi connectivity index (χ4n) is 3.93. The molecule has 0 saturated heterocycles. The van der Waals surface area contributed by atoms with Crippen LogP contribution in [0.4, 0.5) is 0 Å². The van der Waals surface area contributed by atoms with Crippen LogP contribution >= 0.6 is 11.3 Å². The van der Waals surface area contributed by atoms with E-state index in [1.807, 2.05) is 42.5 Å². The fourth-order valence-corrected chi connectivity index (χ4v) is 4.92. The average Bonchev–Trinajstić information content (AvgIpc) is 3.17. The van der Waals surface area contributed by atoms with Crippen LogP contribution in [-0.4, -0.2) is 30.7 Å². The third kappa shape index (κ3) is 4.92. The quantitative estimate of drug-likeness (QED) is 0.378. The number of esters is 2. The van der Waals surface area contributed by atoms with Crippen LogP contribution in [0.3, 0.4) is 0 Å². The number of methoxy groups -OCH3 is 2. The molecular formula is C27H24N2O6S. The van der Waals surface area contributed by atoms with Gasteiger partial charge in [-0.1, -0.05) is 59.9 Å². The van der Waals surface area contributed by atoms with Crippen molar-refractivity contribution in [2.24, 2.45) is 4.99 Å². The molecule has 0 unspecified atom stereocenters. The average molecular weight is 505 g/mol. The standard InChI is InChI=1S/C27H24N2O6S/c1-16-23(26(32)34-4)24(19-13-14-20(35-17(2)30)21(15-19)33-3)29-25(31)22(36-27(29)28-16)12-8-11-18-9-6-5-7-10-18/h5-15,24H,1-4H3/b11-8+,22-12+/t24-/m0/s1. The van der Waals surface area contributed by atoms with E-state index in [4.69, 9.17) is 14.2 Å². The number of thiazole rings is 1. The van der Waals surface area contributed by atoms with Gasteiger partial charge in [0, 0.05) is 6.92 Å². The molecule has 36 heavy (non-hydrogen) atoms. The molecule has 2 aromatic carbocycles. The van der Waals surface area contributed by atoms with E-state index in [0.29, 0.717) is 20.6 Å². The number of nitrogens with zero attached hydrogens (tertiary/aromatic N) is 2. The summed E-state index contributed by atoms with van der Waals surface area (Å²) in [6.45, 7) is 3.00. The number of ether oxygens (including phenoxy) is 3. The van der Waals surface area contributed by atoms with Crippen molar-refractivity contribution >= 4 is 35.4 Å². The van der Waals surface area contributed by atoms with Crippen LogP contribution < -0.4 is 24.4 Å². The number of carbonyl (C=O) groups is 2. The SMILES string of the molecule is COC(=O)C1=C(C)N=c2s/c(=C/C=C/c3ccccc3)c(=O)n2[C@H]1c1ccc(OC(C)=O)c(OC)c1. The van der Waals surface area contributed by atoms with Gasteiger partial charge in [0.15, 0.2) is 16.3 Å². The van der Waals surface area contributed by atoms with Crippen LogP contribution in [0.2, 0.25) is 0 Å². The Hall–Kier alpha value is -4.24. The molecule has 2 heterocycles. The Bertz CT molecular complexity index is 1560. The second kappa shape index (κ2) is 10.6. The lowest BCUT2D eigenvalue weighted by atomic mass is 9.95. The number of hydrogen-bond donors (Lipinski definition) is 0. The van der Waals surface area contributed by atoms with Gasteiger partial charge in [0.05, 0.1) is 36.1 Å². The number of hydrogen-bond acceptors (Lipinski definition) is 8. The molecule has 1 atom stereocenters. The third-order valence-electron chi connectivity index (χ3n) is 5.52. The summed E-state index contributed by atoms with van der Waals surface area (Å²) in [6.07, 6.45) is 5.44. The second-order valence-electron chi connectivity index (χ2n) is 7.87. The van der Waals surface area contributed by atoms with Gasteiger partial charge in [-0.3, -0.25) is 14.2 Å². The molecule has 1 aliphatic heterocycles. The highest BCUT2D eigenvalue weighted by Crippen LogP contribution is 2.36. The van der Waals surface area contributed by atoms with Gasteiger partial charge in [-0.05, 0) is 36.3 Å². The Morgan fingerprint density at radius 2 is 1.83 bits per heavy atom. The first-order valence-corrected chi connectivity index (χ1v) is 11.8. The van der Waals surface area contributed by atoms with Crippen molar-refractivity contribution in [3.05, 3.63) is 96.7 Å². The number of fused-ring (bicyclic) bond motifs is 1. The molecule has 0 radical (unpaired) electrons. The van der Waals surface area contributed by atoms with Crippen molar-refractivity contribution in [3.63, 3.8) is 0 Å². The molecule has 0 spiro atoms. The molecule has 184 valence electrons. The highest BCUT2D eigenvalue weighted by atomic mass is 32.1. The molecule has 0 N–H and O–H groups in total. The summed E-state index contributed by atoms with van der Waals surface area (Å²) in [5, 5.41) is 0. The number of carbonyl (C=O) groups excluding carboxylic acids is 2. The predicted octanol–water partition coefficient (Wildman–Crippen LogP) is 3.01. The van der Waals surface area contributed by atoms with Gasteiger partial charge in [-0.15, -0.1) is 0 Å². The number of allylic oxidation sites excluding steroid dienone is 2. The third-order valence-corrected chi connectivity index (χ3v) is 6.52. The monoisotopic (exact) mass is 504 g/mol. The van der Waals surface area contributed by atoms with Crippen LogP contribution in [0.15, 0.2) is 75.7 Å². The Morgan fingerprint density at radius 1 is 1.08 bits per heavy atom. The Morgan fingerprint density at radius 3 is 2.50 bits per heavy atom. The second-order valence-corrected chi connectivity index (χ2v) is 8.88. The molecule has 0 aliphatic carbocycles. The van der Waals surface area contributed by atoms with Gasteiger partial charge in [-0.2, -0.15) is 0 Å². The molecule has 8 nitrogen and oxygen atoms in total. The highest BCUT2D eigenvalue weighted by molar-refractivity contribution is 7.07. The summed E-state index contributed by atoms with van der Waals surface area (Å²) in [5.41, 5.74) is 1.97. The topological polar surface area (TPSA) is 96.2 Å². The normalized spacial score (nSPS) is 15.4. The van der Waals surface area contributed by atoms with E-state index in [-0.39, 0.29) is 22.6 Å². The zero-order valence-electron chi connectivity index (χ0n) is 20.2. The number of benzene rings is 2. The summed E-state index contributed by atoms with van der Waals surface area (Å²) in [7, 11) is 2.72. The molecule has 0 amide bonds. The molecule has 1 aliphatic rings. The minimum atomic E-state index is -0.811. The minimum Gasteiger partial charge on any atom is -0.493 e. The molecule has 0 saturated carbocycles. The molecule has 0 fully saturated rings. The maximum atomic E-state index is 13.5. The highest BCUT2D eigenvalue weighted by Gasteiger charge is 2.33. The number of rotatable bonds is 6. The van der Waals surface area contributed by atoms with E-state index in [1.165, 1.54) is 37.0 Å². The lowest BCUT2D eigenvalue weighted by Gasteiger charge is -2.25. The largest absolute Gasteiger partial charge is 0.493 e. The van der Waals surface area contributed by atoms with Crippen LogP contribution in [0.25, 0.3) is 12.2 Å².